The molecule has 1 aromatic heterocycles. The largest absolute Gasteiger partial charge is 0.352 e. The number of aromatic nitrogens is 1. The first-order valence-electron chi connectivity index (χ1n) is 7.14. The number of carbonyl (C=O) groups excluding carboxylic acids is 2. The number of hydrogen-bond acceptors (Lipinski definition) is 4. The summed E-state index contributed by atoms with van der Waals surface area (Å²) in [4.78, 5) is 30.6. The van der Waals surface area contributed by atoms with Crippen LogP contribution in [0.2, 0.25) is 0 Å². The van der Waals surface area contributed by atoms with Gasteiger partial charge >= 0.3 is 0 Å². The molecule has 6 heteroatoms. The molecule has 2 atom stereocenters. The average molecular weight is 307 g/mol. The van der Waals surface area contributed by atoms with Crippen molar-refractivity contribution in [2.24, 2.45) is 0 Å². The second-order valence-electron chi connectivity index (χ2n) is 5.30. The van der Waals surface area contributed by atoms with E-state index in [2.05, 4.69) is 10.3 Å². The molecule has 0 spiro atoms. The molecule has 5 nitrogen and oxygen atoms in total. The van der Waals surface area contributed by atoms with E-state index in [0.29, 0.717) is 17.2 Å². The second-order valence-corrected chi connectivity index (χ2v) is 6.30. The molecule has 1 aliphatic rings. The number of nitrogens with one attached hydrogen (secondary N) is 1. The van der Waals surface area contributed by atoms with E-state index in [1.165, 1.54) is 0 Å². The zero-order valence-electron chi connectivity index (χ0n) is 12.6. The fourth-order valence-electron chi connectivity index (χ4n) is 2.06. The summed E-state index contributed by atoms with van der Waals surface area (Å²) in [6, 6.07) is 3.31. The van der Waals surface area contributed by atoms with Crippen molar-refractivity contribution in [3.8, 4) is 0 Å². The normalized spacial score (nSPS) is 19.4. The molecule has 0 aliphatic carbocycles. The standard InChI is InChI=1S/C15H21N3O2S/c1-4-10(2)17-14(19)13-8-21-9-18(13)15(20)12-6-5-11(3)16-7-12/h5-7,10,13H,4,8-9H2,1-3H3,(H,17,19)/t10-,13+/m1/s1. The van der Waals surface area contributed by atoms with E-state index >= 15 is 0 Å². The molecule has 114 valence electrons. The lowest BCUT2D eigenvalue weighted by atomic mass is 10.2. The van der Waals surface area contributed by atoms with Crippen LogP contribution in [0, 0.1) is 6.92 Å². The van der Waals surface area contributed by atoms with Crippen LogP contribution in [0.15, 0.2) is 18.3 Å². The maximum Gasteiger partial charge on any atom is 0.256 e. The minimum atomic E-state index is -0.391. The third-order valence-electron chi connectivity index (χ3n) is 3.61. The first-order chi connectivity index (χ1) is 10.0. The lowest BCUT2D eigenvalue weighted by Crippen LogP contribution is -2.49. The molecular weight excluding hydrogens is 286 g/mol. The number of pyridine rings is 1. The van der Waals surface area contributed by atoms with Crippen molar-refractivity contribution in [1.29, 1.82) is 0 Å². The van der Waals surface area contributed by atoms with Gasteiger partial charge in [-0.05, 0) is 32.4 Å². The Morgan fingerprint density at radius 1 is 1.52 bits per heavy atom. The van der Waals surface area contributed by atoms with Gasteiger partial charge in [-0.2, -0.15) is 0 Å². The molecule has 2 rings (SSSR count). The van der Waals surface area contributed by atoms with E-state index in [0.717, 1.165) is 12.1 Å². The first-order valence-corrected chi connectivity index (χ1v) is 8.30. The van der Waals surface area contributed by atoms with Gasteiger partial charge in [0.1, 0.15) is 6.04 Å². The summed E-state index contributed by atoms with van der Waals surface area (Å²) in [6.07, 6.45) is 2.45. The van der Waals surface area contributed by atoms with Crippen LogP contribution in [0.5, 0.6) is 0 Å². The van der Waals surface area contributed by atoms with E-state index in [1.54, 1.807) is 28.9 Å². The molecule has 0 radical (unpaired) electrons. The van der Waals surface area contributed by atoms with Gasteiger partial charge in [-0.15, -0.1) is 11.8 Å². The minimum absolute atomic E-state index is 0.0669. The van der Waals surface area contributed by atoms with Gasteiger partial charge < -0.3 is 10.2 Å². The van der Waals surface area contributed by atoms with Crippen LogP contribution in [0.3, 0.4) is 0 Å². The van der Waals surface area contributed by atoms with E-state index in [4.69, 9.17) is 0 Å². The quantitative estimate of drug-likeness (QED) is 0.921. The Kier molecular flexibility index (Phi) is 5.22. The Balaban J connectivity index is 2.09. The molecule has 1 aromatic rings. The SMILES string of the molecule is CC[C@@H](C)NC(=O)[C@@H]1CSCN1C(=O)c1ccc(C)nc1. The predicted molar refractivity (Wildman–Crippen MR) is 84.2 cm³/mol. The molecule has 0 aromatic carbocycles. The molecule has 2 heterocycles. The van der Waals surface area contributed by atoms with Crippen LogP contribution in [-0.4, -0.2) is 45.4 Å². The van der Waals surface area contributed by atoms with Crippen LogP contribution >= 0.6 is 11.8 Å². The lowest BCUT2D eigenvalue weighted by molar-refractivity contribution is -0.125. The van der Waals surface area contributed by atoms with Crippen LogP contribution in [0.1, 0.15) is 36.3 Å². The Labute approximate surface area is 129 Å². The summed E-state index contributed by atoms with van der Waals surface area (Å²) in [5, 5.41) is 2.96. The van der Waals surface area contributed by atoms with Crippen LogP contribution in [-0.2, 0) is 4.79 Å². The van der Waals surface area contributed by atoms with Gasteiger partial charge in [-0.3, -0.25) is 14.6 Å². The number of amides is 2. The highest BCUT2D eigenvalue weighted by Crippen LogP contribution is 2.23. The molecule has 21 heavy (non-hydrogen) atoms. The number of nitrogens with zero attached hydrogens (tertiary/aromatic N) is 2. The van der Waals surface area contributed by atoms with Gasteiger partial charge in [0.25, 0.3) is 5.91 Å². The highest BCUT2D eigenvalue weighted by molar-refractivity contribution is 7.99. The average Bonchev–Trinajstić information content (AvgIpc) is 2.96. The number of rotatable bonds is 4. The molecular formula is C15H21N3O2S. The maximum absolute atomic E-state index is 12.5. The summed E-state index contributed by atoms with van der Waals surface area (Å²) in [7, 11) is 0. The Hall–Kier alpha value is -1.56. The summed E-state index contributed by atoms with van der Waals surface area (Å²) >= 11 is 1.60. The summed E-state index contributed by atoms with van der Waals surface area (Å²) < 4.78 is 0. The highest BCUT2D eigenvalue weighted by atomic mass is 32.2. The monoisotopic (exact) mass is 307 g/mol. The highest BCUT2D eigenvalue weighted by Gasteiger charge is 2.35. The number of hydrogen-bond donors (Lipinski definition) is 1. The third-order valence-corrected chi connectivity index (χ3v) is 4.62. The first kappa shape index (κ1) is 15.8. The van der Waals surface area contributed by atoms with E-state index in [1.807, 2.05) is 26.8 Å². The van der Waals surface area contributed by atoms with Crippen molar-refractivity contribution in [3.05, 3.63) is 29.6 Å². The molecule has 0 unspecified atom stereocenters. The zero-order chi connectivity index (χ0) is 15.4. The second kappa shape index (κ2) is 6.93. The minimum Gasteiger partial charge on any atom is -0.352 e. The van der Waals surface area contributed by atoms with Crippen molar-refractivity contribution in [1.82, 2.24) is 15.2 Å². The smallest absolute Gasteiger partial charge is 0.256 e. The molecule has 1 aliphatic heterocycles. The molecule has 1 saturated heterocycles. The van der Waals surface area contributed by atoms with Crippen LogP contribution in [0.4, 0.5) is 0 Å². The Morgan fingerprint density at radius 2 is 2.29 bits per heavy atom. The Bertz CT molecular complexity index is 518. The maximum atomic E-state index is 12.5. The lowest BCUT2D eigenvalue weighted by Gasteiger charge is -2.24. The summed E-state index contributed by atoms with van der Waals surface area (Å²) in [6.45, 7) is 5.87. The van der Waals surface area contributed by atoms with E-state index in [-0.39, 0.29) is 17.9 Å². The van der Waals surface area contributed by atoms with Gasteiger partial charge in [-0.1, -0.05) is 6.92 Å². The summed E-state index contributed by atoms with van der Waals surface area (Å²) in [5.41, 5.74) is 1.40. The fraction of sp³-hybridized carbons (Fsp3) is 0.533. The zero-order valence-corrected chi connectivity index (χ0v) is 13.4. The van der Waals surface area contributed by atoms with Gasteiger partial charge in [0.05, 0.1) is 11.4 Å². The van der Waals surface area contributed by atoms with Crippen molar-refractivity contribution in [3.63, 3.8) is 0 Å². The molecule has 0 bridgehead atoms. The molecule has 0 saturated carbocycles. The molecule has 1 fully saturated rings. The van der Waals surface area contributed by atoms with Crippen molar-refractivity contribution >= 4 is 23.6 Å². The summed E-state index contributed by atoms with van der Waals surface area (Å²) in [5.74, 6) is 0.998. The van der Waals surface area contributed by atoms with Gasteiger partial charge in [0.2, 0.25) is 5.91 Å². The van der Waals surface area contributed by atoms with Crippen LogP contribution in [0.25, 0.3) is 0 Å². The molecule has 2 amide bonds. The van der Waals surface area contributed by atoms with Crippen molar-refractivity contribution in [2.75, 3.05) is 11.6 Å². The number of carbonyl (C=O) groups is 2. The van der Waals surface area contributed by atoms with Gasteiger partial charge in [0, 0.05) is 23.7 Å². The fourth-order valence-corrected chi connectivity index (χ4v) is 3.22. The topological polar surface area (TPSA) is 62.3 Å². The third kappa shape index (κ3) is 3.75. The van der Waals surface area contributed by atoms with E-state index < -0.39 is 6.04 Å². The van der Waals surface area contributed by atoms with Gasteiger partial charge in [0.15, 0.2) is 0 Å². The number of thioether (sulfide) groups is 1. The van der Waals surface area contributed by atoms with Crippen LogP contribution < -0.4 is 5.32 Å². The predicted octanol–water partition coefficient (Wildman–Crippen LogP) is 1.82. The van der Waals surface area contributed by atoms with E-state index in [9.17, 15) is 9.59 Å². The Morgan fingerprint density at radius 3 is 2.90 bits per heavy atom. The van der Waals surface area contributed by atoms with Crippen molar-refractivity contribution in [2.45, 2.75) is 39.3 Å². The molecule has 1 N–H and O–H groups in total. The number of aryl methyl sites for hydroxylation is 1. The van der Waals surface area contributed by atoms with Crippen molar-refractivity contribution < 1.29 is 9.59 Å². The van der Waals surface area contributed by atoms with Gasteiger partial charge in [-0.25, -0.2) is 0 Å².